The van der Waals surface area contributed by atoms with Gasteiger partial charge < -0.3 is 15.0 Å². The average Bonchev–Trinajstić information content (AvgIpc) is 3.63. The van der Waals surface area contributed by atoms with Crippen LogP contribution in [0.2, 0.25) is 0 Å². The molecule has 0 saturated carbocycles. The summed E-state index contributed by atoms with van der Waals surface area (Å²) in [5, 5.41) is 3.42. The van der Waals surface area contributed by atoms with Gasteiger partial charge in [-0.2, -0.15) is 15.0 Å². The molecule has 0 aliphatic carbocycles. The average molecular weight is 521 g/mol. The van der Waals surface area contributed by atoms with E-state index in [1.165, 1.54) is 23.0 Å². The third-order valence-corrected chi connectivity index (χ3v) is 7.11. The maximum Gasteiger partial charge on any atom is 0.296 e. The molecule has 2 fully saturated rings. The monoisotopic (exact) mass is 520 g/mol. The minimum atomic E-state index is -2.79. The first-order valence-electron chi connectivity index (χ1n) is 13.0. The normalized spacial score (nSPS) is 17.4. The van der Waals surface area contributed by atoms with E-state index in [1.54, 1.807) is 24.3 Å². The number of anilines is 2. The second kappa shape index (κ2) is 11.0. The van der Waals surface area contributed by atoms with E-state index in [4.69, 9.17) is 9.72 Å². The fourth-order valence-corrected chi connectivity index (χ4v) is 5.21. The summed E-state index contributed by atoms with van der Waals surface area (Å²) in [4.78, 5) is 22.6. The van der Waals surface area contributed by atoms with E-state index >= 15 is 0 Å². The lowest BCUT2D eigenvalue weighted by Crippen LogP contribution is -2.38. The van der Waals surface area contributed by atoms with Crippen LogP contribution in [0.4, 0.5) is 20.7 Å². The van der Waals surface area contributed by atoms with Crippen LogP contribution in [0.15, 0.2) is 54.6 Å². The topological polar surface area (TPSA) is 84.2 Å². The number of alkyl halides is 2. The van der Waals surface area contributed by atoms with Gasteiger partial charge in [0.25, 0.3) is 6.43 Å². The van der Waals surface area contributed by atoms with Crippen LogP contribution in [0.1, 0.15) is 36.7 Å². The van der Waals surface area contributed by atoms with Crippen LogP contribution in [0.25, 0.3) is 17.0 Å². The highest BCUT2D eigenvalue weighted by Crippen LogP contribution is 2.29. The molecule has 6 rings (SSSR count). The number of hydrogen-bond donors (Lipinski definition) is 1. The number of benzene rings is 2. The SMILES string of the molecule is FC(F)c1nc2ccccc2n1-c1nc(NCC(c2ccccc2)N2CCCC2)nc(N2CCOCC2)n1. The molecule has 2 aliphatic rings. The molecule has 11 heteroatoms. The Labute approximate surface area is 219 Å². The molecule has 0 amide bonds. The molecule has 2 aromatic heterocycles. The number of likely N-dealkylation sites (tertiary alicyclic amines) is 1. The van der Waals surface area contributed by atoms with Gasteiger partial charge in [0.2, 0.25) is 17.8 Å². The Hall–Kier alpha value is -3.70. The fourth-order valence-electron chi connectivity index (χ4n) is 5.21. The molecular weight excluding hydrogens is 490 g/mol. The van der Waals surface area contributed by atoms with E-state index in [0.29, 0.717) is 55.8 Å². The van der Waals surface area contributed by atoms with E-state index < -0.39 is 12.2 Å². The predicted molar refractivity (Wildman–Crippen MR) is 141 cm³/mol. The number of rotatable bonds is 8. The summed E-state index contributed by atoms with van der Waals surface area (Å²) in [7, 11) is 0. The first-order valence-corrected chi connectivity index (χ1v) is 13.0. The Morgan fingerprint density at radius 3 is 2.29 bits per heavy atom. The van der Waals surface area contributed by atoms with Gasteiger partial charge >= 0.3 is 0 Å². The van der Waals surface area contributed by atoms with E-state index in [9.17, 15) is 8.78 Å². The van der Waals surface area contributed by atoms with E-state index in [-0.39, 0.29) is 12.0 Å². The maximum absolute atomic E-state index is 14.1. The largest absolute Gasteiger partial charge is 0.378 e. The van der Waals surface area contributed by atoms with Crippen molar-refractivity contribution in [2.24, 2.45) is 0 Å². The zero-order chi connectivity index (χ0) is 25.9. The first-order chi connectivity index (χ1) is 18.7. The highest BCUT2D eigenvalue weighted by molar-refractivity contribution is 5.77. The molecule has 1 atom stereocenters. The highest BCUT2D eigenvalue weighted by atomic mass is 19.3. The van der Waals surface area contributed by atoms with Gasteiger partial charge in [-0.15, -0.1) is 0 Å². The number of fused-ring (bicyclic) bond motifs is 1. The van der Waals surface area contributed by atoms with E-state index in [0.717, 1.165) is 13.1 Å². The van der Waals surface area contributed by atoms with Gasteiger partial charge in [-0.05, 0) is 43.6 Å². The number of nitrogens with one attached hydrogen (secondary N) is 1. The lowest BCUT2D eigenvalue weighted by atomic mass is 10.1. The molecule has 198 valence electrons. The van der Waals surface area contributed by atoms with Gasteiger partial charge in [0, 0.05) is 19.6 Å². The molecule has 9 nitrogen and oxygen atoms in total. The number of halogens is 2. The molecule has 0 radical (unpaired) electrons. The summed E-state index contributed by atoms with van der Waals surface area (Å²) in [6.45, 7) is 4.94. The first kappa shape index (κ1) is 24.6. The number of para-hydroxylation sites is 2. The van der Waals surface area contributed by atoms with Gasteiger partial charge in [0.05, 0.1) is 30.3 Å². The Morgan fingerprint density at radius 2 is 1.53 bits per heavy atom. The van der Waals surface area contributed by atoms with Crippen molar-refractivity contribution in [3.63, 3.8) is 0 Å². The molecule has 1 N–H and O–H groups in total. The van der Waals surface area contributed by atoms with Crippen LogP contribution in [0.5, 0.6) is 0 Å². The maximum atomic E-state index is 14.1. The Morgan fingerprint density at radius 1 is 0.816 bits per heavy atom. The van der Waals surface area contributed by atoms with Gasteiger partial charge in [-0.25, -0.2) is 13.8 Å². The Balaban J connectivity index is 1.39. The third kappa shape index (κ3) is 5.03. The summed E-state index contributed by atoms with van der Waals surface area (Å²) in [6.07, 6.45) is -0.449. The summed E-state index contributed by atoms with van der Waals surface area (Å²) >= 11 is 0. The molecule has 4 aromatic rings. The van der Waals surface area contributed by atoms with Crippen molar-refractivity contribution in [1.29, 1.82) is 0 Å². The second-order valence-electron chi connectivity index (χ2n) is 9.50. The molecular formula is C27H30F2N8O. The molecule has 0 bridgehead atoms. The zero-order valence-corrected chi connectivity index (χ0v) is 21.0. The van der Waals surface area contributed by atoms with Crippen molar-refractivity contribution < 1.29 is 13.5 Å². The van der Waals surface area contributed by atoms with Gasteiger partial charge in [0.15, 0.2) is 5.82 Å². The molecule has 2 aliphatic heterocycles. The van der Waals surface area contributed by atoms with Crippen LogP contribution in [0, 0.1) is 0 Å². The minimum Gasteiger partial charge on any atom is -0.378 e. The molecule has 4 heterocycles. The van der Waals surface area contributed by atoms with Crippen molar-refractivity contribution >= 4 is 22.9 Å². The van der Waals surface area contributed by atoms with Gasteiger partial charge in [-0.3, -0.25) is 9.47 Å². The number of morpholine rings is 1. The third-order valence-electron chi connectivity index (χ3n) is 7.11. The van der Waals surface area contributed by atoms with Crippen LogP contribution in [0.3, 0.4) is 0 Å². The number of imidazole rings is 1. The van der Waals surface area contributed by atoms with E-state index in [2.05, 4.69) is 37.3 Å². The minimum absolute atomic E-state index is 0.116. The van der Waals surface area contributed by atoms with Crippen LogP contribution in [-0.2, 0) is 4.74 Å². The quantitative estimate of drug-likeness (QED) is 0.370. The Kier molecular flexibility index (Phi) is 7.10. The van der Waals surface area contributed by atoms with Crippen molar-refractivity contribution in [2.45, 2.75) is 25.3 Å². The lowest BCUT2D eigenvalue weighted by molar-refractivity contribution is 0.122. The molecule has 2 aromatic carbocycles. The number of nitrogens with zero attached hydrogens (tertiary/aromatic N) is 7. The highest BCUT2D eigenvalue weighted by Gasteiger charge is 2.26. The lowest BCUT2D eigenvalue weighted by Gasteiger charge is -2.29. The van der Waals surface area contributed by atoms with Crippen molar-refractivity contribution in [2.75, 3.05) is 56.2 Å². The van der Waals surface area contributed by atoms with Crippen molar-refractivity contribution in [1.82, 2.24) is 29.4 Å². The summed E-state index contributed by atoms with van der Waals surface area (Å²) in [5.74, 6) is 0.492. The fraction of sp³-hybridized carbons (Fsp3) is 0.407. The van der Waals surface area contributed by atoms with Crippen LogP contribution >= 0.6 is 0 Å². The number of aromatic nitrogens is 5. The van der Waals surface area contributed by atoms with Gasteiger partial charge in [0.1, 0.15) is 0 Å². The number of ether oxygens (including phenoxy) is 1. The van der Waals surface area contributed by atoms with Gasteiger partial charge in [-0.1, -0.05) is 42.5 Å². The molecule has 38 heavy (non-hydrogen) atoms. The summed E-state index contributed by atoms with van der Waals surface area (Å²) < 4.78 is 35.1. The standard InChI is InChI=1S/C27H30F2N8O/c28-23(29)24-31-20-10-4-5-11-21(20)37(24)27-33-25(32-26(34-27)36-14-16-38-17-15-36)30-18-22(35-12-6-7-13-35)19-8-2-1-3-9-19/h1-5,8-11,22-23H,6-7,12-18H2,(H,30,32,33,34). The molecule has 0 spiro atoms. The predicted octanol–water partition coefficient (Wildman–Crippen LogP) is 4.23. The van der Waals surface area contributed by atoms with E-state index in [1.807, 2.05) is 23.1 Å². The summed E-state index contributed by atoms with van der Waals surface area (Å²) in [5.41, 5.74) is 2.20. The van der Waals surface area contributed by atoms with Crippen molar-refractivity contribution in [3.05, 3.63) is 66.0 Å². The van der Waals surface area contributed by atoms with Crippen LogP contribution in [-0.4, -0.2) is 75.3 Å². The Bertz CT molecular complexity index is 1370. The zero-order valence-electron chi connectivity index (χ0n) is 21.0. The molecule has 2 saturated heterocycles. The summed E-state index contributed by atoms with van der Waals surface area (Å²) in [6, 6.07) is 17.5. The smallest absolute Gasteiger partial charge is 0.296 e. The second-order valence-corrected chi connectivity index (χ2v) is 9.50. The molecule has 1 unspecified atom stereocenters. The number of hydrogen-bond acceptors (Lipinski definition) is 8. The van der Waals surface area contributed by atoms with Crippen LogP contribution < -0.4 is 10.2 Å². The van der Waals surface area contributed by atoms with Crippen molar-refractivity contribution in [3.8, 4) is 5.95 Å².